The zero-order chi connectivity index (χ0) is 14.4. The number of hydrogen-bond donors (Lipinski definition) is 4. The molecule has 0 spiro atoms. The summed E-state index contributed by atoms with van der Waals surface area (Å²) in [4.78, 5) is 38.8. The van der Waals surface area contributed by atoms with Crippen molar-refractivity contribution in [2.24, 2.45) is 5.73 Å². The van der Waals surface area contributed by atoms with Crippen molar-refractivity contribution in [2.45, 2.75) is 26.2 Å². The molecule has 0 atom stereocenters. The van der Waals surface area contributed by atoms with Crippen molar-refractivity contribution in [3.05, 3.63) is 0 Å². The maximum absolute atomic E-state index is 10.2. The van der Waals surface area contributed by atoms with Crippen LogP contribution in [0.2, 0.25) is 0 Å². The van der Waals surface area contributed by atoms with Gasteiger partial charge in [-0.3, -0.25) is 19.2 Å². The maximum Gasteiger partial charge on any atom is 0.314 e. The van der Waals surface area contributed by atoms with Crippen LogP contribution in [-0.2, 0) is 19.2 Å². The van der Waals surface area contributed by atoms with Gasteiger partial charge in [0.2, 0.25) is 0 Å². The molecule has 0 rings (SSSR count). The minimum Gasteiger partial charge on any atom is -0.481 e. The van der Waals surface area contributed by atoms with Gasteiger partial charge in [-0.15, -0.1) is 0 Å². The van der Waals surface area contributed by atoms with Crippen molar-refractivity contribution in [1.82, 2.24) is 0 Å². The standard InChI is InChI=1S/C5H8O3.C3H4O4.CH5N/c1-2-4(6)3-5(7)8;4-2(5)1-3(6)7;1-2/h2-3H2,1H3,(H,7,8);1H2,(H,4,5)(H,6,7);2H2,1H3. The van der Waals surface area contributed by atoms with E-state index in [2.05, 4.69) is 5.73 Å². The molecule has 0 radical (unpaired) electrons. The minimum absolute atomic E-state index is 0.225. The SMILES string of the molecule is CCC(=O)CC(=O)O.CN.O=C(O)CC(=O)O. The quantitative estimate of drug-likeness (QED) is 0.479. The number of hydrogen-bond acceptors (Lipinski definition) is 5. The predicted molar refractivity (Wildman–Crippen MR) is 57.6 cm³/mol. The highest BCUT2D eigenvalue weighted by Gasteiger charge is 2.02. The molecular weight excluding hydrogens is 234 g/mol. The minimum atomic E-state index is -1.31. The fourth-order valence-electron chi connectivity index (χ4n) is 0.423. The monoisotopic (exact) mass is 251 g/mol. The van der Waals surface area contributed by atoms with E-state index in [9.17, 15) is 19.2 Å². The Kier molecular flexibility index (Phi) is 16.9. The second-order valence-corrected chi connectivity index (χ2v) is 2.43. The average Bonchev–Trinajstić information content (AvgIpc) is 2.18. The van der Waals surface area contributed by atoms with E-state index in [1.54, 1.807) is 6.92 Å². The Balaban J connectivity index is -0.000000202. The fourth-order valence-corrected chi connectivity index (χ4v) is 0.423. The molecule has 0 aliphatic heterocycles. The Hall–Kier alpha value is -1.96. The smallest absolute Gasteiger partial charge is 0.314 e. The Labute approximate surface area is 98.0 Å². The van der Waals surface area contributed by atoms with Crippen molar-refractivity contribution in [2.75, 3.05) is 7.05 Å². The van der Waals surface area contributed by atoms with Gasteiger partial charge in [0.15, 0.2) is 0 Å². The number of carbonyl (C=O) groups is 4. The first kappa shape index (κ1) is 20.5. The molecule has 0 saturated heterocycles. The van der Waals surface area contributed by atoms with Crippen LogP contribution in [-0.4, -0.2) is 46.1 Å². The molecule has 0 aliphatic rings. The average molecular weight is 251 g/mol. The third-order valence-electron chi connectivity index (χ3n) is 1.05. The van der Waals surface area contributed by atoms with Crippen LogP contribution >= 0.6 is 0 Å². The van der Waals surface area contributed by atoms with Crippen molar-refractivity contribution in [1.29, 1.82) is 0 Å². The molecule has 0 aromatic heterocycles. The largest absolute Gasteiger partial charge is 0.481 e. The Morgan fingerprint density at radius 2 is 1.12 bits per heavy atom. The highest BCUT2D eigenvalue weighted by Crippen LogP contribution is 1.86. The van der Waals surface area contributed by atoms with Gasteiger partial charge in [0, 0.05) is 6.42 Å². The lowest BCUT2D eigenvalue weighted by Gasteiger charge is -1.86. The highest BCUT2D eigenvalue weighted by atomic mass is 16.4. The van der Waals surface area contributed by atoms with Crippen molar-refractivity contribution < 1.29 is 34.5 Å². The zero-order valence-corrected chi connectivity index (χ0v) is 9.67. The molecule has 0 saturated carbocycles. The van der Waals surface area contributed by atoms with Crippen LogP contribution in [0.4, 0.5) is 0 Å². The lowest BCUT2D eigenvalue weighted by atomic mass is 10.2. The fraction of sp³-hybridized carbons (Fsp3) is 0.556. The van der Waals surface area contributed by atoms with Crippen LogP contribution in [0.25, 0.3) is 0 Å². The first-order valence-corrected chi connectivity index (χ1v) is 4.54. The van der Waals surface area contributed by atoms with Crippen LogP contribution < -0.4 is 5.73 Å². The number of Topliss-reactive ketones (excluding diaryl/α,β-unsaturated/α-hetero) is 1. The number of aliphatic carboxylic acids is 3. The molecule has 0 fully saturated rings. The normalized spacial score (nSPS) is 7.71. The maximum atomic E-state index is 10.2. The summed E-state index contributed by atoms with van der Waals surface area (Å²) in [5.41, 5.74) is 4.50. The number of ketones is 1. The van der Waals surface area contributed by atoms with Crippen molar-refractivity contribution in [3.63, 3.8) is 0 Å². The van der Waals surface area contributed by atoms with Gasteiger partial charge in [0.25, 0.3) is 0 Å². The summed E-state index contributed by atoms with van der Waals surface area (Å²) in [6, 6.07) is 0. The third kappa shape index (κ3) is 31.5. The van der Waals surface area contributed by atoms with Gasteiger partial charge in [-0.05, 0) is 7.05 Å². The first-order valence-electron chi connectivity index (χ1n) is 4.54. The predicted octanol–water partition coefficient (Wildman–Crippen LogP) is -0.439. The lowest BCUT2D eigenvalue weighted by molar-refractivity contribution is -0.147. The summed E-state index contributed by atoms with van der Waals surface area (Å²) in [5.74, 6) is -3.89. The number of nitrogens with two attached hydrogens (primary N) is 1. The summed E-state index contributed by atoms with van der Waals surface area (Å²) in [7, 11) is 1.50. The Morgan fingerprint density at radius 1 is 0.824 bits per heavy atom. The molecule has 0 aromatic carbocycles. The van der Waals surface area contributed by atoms with Crippen LogP contribution in [0.5, 0.6) is 0 Å². The Bertz CT molecular complexity index is 250. The lowest BCUT2D eigenvalue weighted by Crippen LogP contribution is -2.04. The van der Waals surface area contributed by atoms with Gasteiger partial charge in [-0.1, -0.05) is 6.92 Å². The van der Waals surface area contributed by atoms with Crippen LogP contribution in [0, 0.1) is 0 Å². The van der Waals surface area contributed by atoms with Crippen LogP contribution in [0.1, 0.15) is 26.2 Å². The second kappa shape index (κ2) is 14.0. The summed E-state index contributed by atoms with van der Waals surface area (Å²) in [6.45, 7) is 1.64. The molecule has 17 heavy (non-hydrogen) atoms. The van der Waals surface area contributed by atoms with Crippen molar-refractivity contribution in [3.8, 4) is 0 Å². The van der Waals surface area contributed by atoms with E-state index in [0.29, 0.717) is 6.42 Å². The van der Waals surface area contributed by atoms with E-state index in [-0.39, 0.29) is 12.2 Å². The molecule has 8 heteroatoms. The molecule has 5 N–H and O–H groups in total. The number of rotatable bonds is 5. The topological polar surface area (TPSA) is 155 Å². The van der Waals surface area contributed by atoms with E-state index >= 15 is 0 Å². The summed E-state index contributed by atoms with van der Waals surface area (Å²) < 4.78 is 0. The molecule has 0 amide bonds. The van der Waals surface area contributed by atoms with Gasteiger partial charge in [-0.2, -0.15) is 0 Å². The van der Waals surface area contributed by atoms with Gasteiger partial charge < -0.3 is 21.1 Å². The van der Waals surface area contributed by atoms with Gasteiger partial charge in [0.1, 0.15) is 18.6 Å². The van der Waals surface area contributed by atoms with Crippen molar-refractivity contribution >= 4 is 23.7 Å². The second-order valence-electron chi connectivity index (χ2n) is 2.43. The number of carboxylic acid groups (broad SMARTS) is 3. The molecular formula is C9H17NO7. The van der Waals surface area contributed by atoms with E-state index in [1.807, 2.05) is 0 Å². The summed E-state index contributed by atoms with van der Waals surface area (Å²) >= 11 is 0. The molecule has 8 nitrogen and oxygen atoms in total. The van der Waals surface area contributed by atoms with Gasteiger partial charge >= 0.3 is 17.9 Å². The van der Waals surface area contributed by atoms with E-state index in [4.69, 9.17) is 15.3 Å². The molecule has 0 aromatic rings. The third-order valence-corrected chi connectivity index (χ3v) is 1.05. The van der Waals surface area contributed by atoms with Gasteiger partial charge in [0.05, 0.1) is 0 Å². The zero-order valence-electron chi connectivity index (χ0n) is 9.67. The first-order chi connectivity index (χ1) is 7.79. The van der Waals surface area contributed by atoms with E-state index < -0.39 is 24.3 Å². The molecule has 100 valence electrons. The van der Waals surface area contributed by atoms with Crippen LogP contribution in [0.3, 0.4) is 0 Å². The molecule has 0 aliphatic carbocycles. The molecule has 0 unspecified atom stereocenters. The van der Waals surface area contributed by atoms with Crippen LogP contribution in [0.15, 0.2) is 0 Å². The number of carbonyl (C=O) groups excluding carboxylic acids is 1. The molecule has 0 bridgehead atoms. The number of carboxylic acids is 3. The van der Waals surface area contributed by atoms with Gasteiger partial charge in [-0.25, -0.2) is 0 Å². The Morgan fingerprint density at radius 3 is 1.18 bits per heavy atom. The summed E-state index contributed by atoms with van der Waals surface area (Å²) in [6.07, 6.45) is -0.831. The van der Waals surface area contributed by atoms with E-state index in [1.165, 1.54) is 7.05 Å². The van der Waals surface area contributed by atoms with E-state index in [0.717, 1.165) is 0 Å². The molecule has 0 heterocycles. The highest BCUT2D eigenvalue weighted by molar-refractivity contribution is 5.94. The summed E-state index contributed by atoms with van der Waals surface area (Å²) in [5, 5.41) is 23.4.